The highest BCUT2D eigenvalue weighted by Gasteiger charge is 2.22. The lowest BCUT2D eigenvalue weighted by atomic mass is 10.1. The van der Waals surface area contributed by atoms with Crippen molar-refractivity contribution in [1.82, 2.24) is 0 Å². The van der Waals surface area contributed by atoms with E-state index in [1.807, 2.05) is 19.1 Å². The van der Waals surface area contributed by atoms with Crippen LogP contribution in [0.4, 0.5) is 5.69 Å². The molecule has 1 aromatic rings. The summed E-state index contributed by atoms with van der Waals surface area (Å²) in [5.74, 6) is -0.0945. The van der Waals surface area contributed by atoms with Crippen LogP contribution in [-0.2, 0) is 9.53 Å². The van der Waals surface area contributed by atoms with Crippen molar-refractivity contribution in [1.29, 1.82) is 0 Å². The van der Waals surface area contributed by atoms with Crippen molar-refractivity contribution in [2.24, 2.45) is 5.73 Å². The summed E-state index contributed by atoms with van der Waals surface area (Å²) in [5.41, 5.74) is 8.07. The van der Waals surface area contributed by atoms with Crippen LogP contribution in [0.3, 0.4) is 0 Å². The minimum Gasteiger partial charge on any atom is -0.389 e. The lowest BCUT2D eigenvalue weighted by Gasteiger charge is -2.22. The summed E-state index contributed by atoms with van der Waals surface area (Å²) in [6.45, 7) is 2.59. The summed E-state index contributed by atoms with van der Waals surface area (Å²) in [6, 6.07) is 5.55. The zero-order chi connectivity index (χ0) is 13.8. The molecule has 1 amide bonds. The lowest BCUT2D eigenvalue weighted by Crippen LogP contribution is -2.33. The van der Waals surface area contributed by atoms with E-state index in [2.05, 4.69) is 5.32 Å². The normalized spacial score (nSPS) is 18.9. The fourth-order valence-corrected chi connectivity index (χ4v) is 2.20. The zero-order valence-corrected chi connectivity index (χ0v) is 11.8. The molecule has 0 bridgehead atoms. The lowest BCUT2D eigenvalue weighted by molar-refractivity contribution is -0.129. The fraction of sp³-hybridized carbons (Fsp3) is 0.429. The van der Waals surface area contributed by atoms with Crippen molar-refractivity contribution in [2.45, 2.75) is 32.3 Å². The molecule has 1 unspecified atom stereocenters. The van der Waals surface area contributed by atoms with E-state index in [0.717, 1.165) is 36.1 Å². The summed E-state index contributed by atoms with van der Waals surface area (Å²) in [4.78, 5) is 12.4. The number of hydrogen-bond acceptors (Lipinski definition) is 3. The molecule has 102 valence electrons. The van der Waals surface area contributed by atoms with Gasteiger partial charge in [-0.1, -0.05) is 24.4 Å². The Kier molecular flexibility index (Phi) is 4.50. The van der Waals surface area contributed by atoms with Gasteiger partial charge < -0.3 is 15.8 Å². The number of ether oxygens (including phenoxy) is 1. The molecule has 2 rings (SSSR count). The molecular weight excluding hydrogens is 260 g/mol. The molecule has 1 fully saturated rings. The van der Waals surface area contributed by atoms with Crippen molar-refractivity contribution < 1.29 is 9.53 Å². The number of rotatable bonds is 3. The van der Waals surface area contributed by atoms with E-state index in [0.29, 0.717) is 11.6 Å². The molecule has 19 heavy (non-hydrogen) atoms. The Morgan fingerprint density at radius 1 is 1.47 bits per heavy atom. The molecule has 0 aromatic heterocycles. The summed E-state index contributed by atoms with van der Waals surface area (Å²) >= 11 is 4.94. The van der Waals surface area contributed by atoms with Crippen LogP contribution < -0.4 is 11.1 Å². The zero-order valence-electron chi connectivity index (χ0n) is 10.9. The van der Waals surface area contributed by atoms with E-state index >= 15 is 0 Å². The highest BCUT2D eigenvalue weighted by atomic mass is 32.1. The molecule has 0 saturated carbocycles. The van der Waals surface area contributed by atoms with Crippen LogP contribution in [0.1, 0.15) is 30.4 Å². The first-order valence-corrected chi connectivity index (χ1v) is 6.81. The van der Waals surface area contributed by atoms with Crippen LogP contribution in [0.2, 0.25) is 0 Å². The number of anilines is 1. The second-order valence-corrected chi connectivity index (χ2v) is 5.18. The predicted molar refractivity (Wildman–Crippen MR) is 79.3 cm³/mol. The third-order valence-corrected chi connectivity index (χ3v) is 3.49. The Morgan fingerprint density at radius 2 is 2.26 bits per heavy atom. The Hall–Kier alpha value is -1.46. The second-order valence-electron chi connectivity index (χ2n) is 4.74. The number of aryl methyl sites for hydroxylation is 1. The van der Waals surface area contributed by atoms with Crippen molar-refractivity contribution >= 4 is 28.8 Å². The van der Waals surface area contributed by atoms with Gasteiger partial charge in [0.2, 0.25) is 0 Å². The average molecular weight is 278 g/mol. The number of nitrogens with one attached hydrogen (secondary N) is 1. The SMILES string of the molecule is Cc1ccc(C(N)=S)cc1NC(=O)C1CCCCO1. The molecular formula is C14H18N2O2S. The van der Waals surface area contributed by atoms with Crippen LogP contribution >= 0.6 is 12.2 Å². The highest BCUT2D eigenvalue weighted by molar-refractivity contribution is 7.80. The molecule has 1 heterocycles. The van der Waals surface area contributed by atoms with E-state index in [1.54, 1.807) is 6.07 Å². The van der Waals surface area contributed by atoms with Gasteiger partial charge in [0.15, 0.2) is 0 Å². The molecule has 1 saturated heterocycles. The minimum atomic E-state index is -0.346. The molecule has 3 N–H and O–H groups in total. The first-order valence-electron chi connectivity index (χ1n) is 6.41. The standard InChI is InChI=1S/C14H18N2O2S/c1-9-5-6-10(13(15)19)8-11(9)16-14(17)12-4-2-3-7-18-12/h5-6,8,12H,2-4,7H2,1H3,(H2,15,19)(H,16,17). The van der Waals surface area contributed by atoms with Gasteiger partial charge in [-0.2, -0.15) is 0 Å². The van der Waals surface area contributed by atoms with Crippen molar-refractivity contribution in [3.05, 3.63) is 29.3 Å². The quantitative estimate of drug-likeness (QED) is 0.831. The molecule has 0 spiro atoms. The van der Waals surface area contributed by atoms with Crippen molar-refractivity contribution in [3.63, 3.8) is 0 Å². The number of carbonyl (C=O) groups excluding carboxylic acids is 1. The topological polar surface area (TPSA) is 64.3 Å². The van der Waals surface area contributed by atoms with Crippen LogP contribution in [0.5, 0.6) is 0 Å². The number of carbonyl (C=O) groups is 1. The molecule has 1 atom stereocenters. The van der Waals surface area contributed by atoms with Gasteiger partial charge in [-0.3, -0.25) is 4.79 Å². The van der Waals surface area contributed by atoms with Gasteiger partial charge in [0.1, 0.15) is 11.1 Å². The number of nitrogens with two attached hydrogens (primary N) is 1. The van der Waals surface area contributed by atoms with Gasteiger partial charge in [-0.15, -0.1) is 0 Å². The van der Waals surface area contributed by atoms with Gasteiger partial charge in [-0.25, -0.2) is 0 Å². The molecule has 0 radical (unpaired) electrons. The van der Waals surface area contributed by atoms with Crippen molar-refractivity contribution in [2.75, 3.05) is 11.9 Å². The van der Waals surface area contributed by atoms with E-state index < -0.39 is 0 Å². The van der Waals surface area contributed by atoms with Crippen LogP contribution in [0.25, 0.3) is 0 Å². The minimum absolute atomic E-state index is 0.0945. The van der Waals surface area contributed by atoms with Gasteiger partial charge >= 0.3 is 0 Å². The number of amides is 1. The van der Waals surface area contributed by atoms with E-state index in [4.69, 9.17) is 22.7 Å². The van der Waals surface area contributed by atoms with Gasteiger partial charge in [-0.05, 0) is 37.8 Å². The van der Waals surface area contributed by atoms with Gasteiger partial charge in [0, 0.05) is 17.9 Å². The maximum Gasteiger partial charge on any atom is 0.253 e. The Balaban J connectivity index is 2.11. The summed E-state index contributed by atoms with van der Waals surface area (Å²) in [7, 11) is 0. The predicted octanol–water partition coefficient (Wildman–Crippen LogP) is 2.14. The molecule has 0 aliphatic carbocycles. The Morgan fingerprint density at radius 3 is 2.89 bits per heavy atom. The largest absolute Gasteiger partial charge is 0.389 e. The first kappa shape index (κ1) is 14.0. The third kappa shape index (κ3) is 3.52. The van der Waals surface area contributed by atoms with Gasteiger partial charge in [0.05, 0.1) is 0 Å². The smallest absolute Gasteiger partial charge is 0.253 e. The Labute approximate surface area is 118 Å². The van der Waals surface area contributed by atoms with Crippen LogP contribution in [0.15, 0.2) is 18.2 Å². The van der Waals surface area contributed by atoms with E-state index in [-0.39, 0.29) is 12.0 Å². The number of thiocarbonyl (C=S) groups is 1. The first-order chi connectivity index (χ1) is 9.08. The molecule has 1 aromatic carbocycles. The van der Waals surface area contributed by atoms with E-state index in [1.165, 1.54) is 0 Å². The number of hydrogen-bond donors (Lipinski definition) is 2. The summed E-state index contributed by atoms with van der Waals surface area (Å²) in [5, 5.41) is 2.90. The van der Waals surface area contributed by atoms with Crippen LogP contribution in [0, 0.1) is 6.92 Å². The maximum atomic E-state index is 12.1. The third-order valence-electron chi connectivity index (χ3n) is 3.25. The molecule has 1 aliphatic rings. The fourth-order valence-electron chi connectivity index (χ4n) is 2.07. The number of benzene rings is 1. The maximum absolute atomic E-state index is 12.1. The second kappa shape index (κ2) is 6.12. The van der Waals surface area contributed by atoms with Crippen LogP contribution in [-0.4, -0.2) is 23.6 Å². The highest BCUT2D eigenvalue weighted by Crippen LogP contribution is 2.19. The van der Waals surface area contributed by atoms with Crippen molar-refractivity contribution in [3.8, 4) is 0 Å². The monoisotopic (exact) mass is 278 g/mol. The molecule has 1 aliphatic heterocycles. The molecule has 4 nitrogen and oxygen atoms in total. The van der Waals surface area contributed by atoms with E-state index in [9.17, 15) is 4.79 Å². The summed E-state index contributed by atoms with van der Waals surface area (Å²) in [6.07, 6.45) is 2.49. The van der Waals surface area contributed by atoms with Gasteiger partial charge in [0.25, 0.3) is 5.91 Å². The summed E-state index contributed by atoms with van der Waals surface area (Å²) < 4.78 is 5.47. The average Bonchev–Trinajstić information content (AvgIpc) is 2.42. The Bertz CT molecular complexity index is 496. The molecule has 5 heteroatoms.